The maximum atomic E-state index is 13.2. The topological polar surface area (TPSA) is 76.1 Å². The molecule has 6 heteroatoms. The fourth-order valence-electron chi connectivity index (χ4n) is 4.31. The Bertz CT molecular complexity index is 1280. The molecule has 1 fully saturated rings. The van der Waals surface area contributed by atoms with Crippen LogP contribution in [0, 0.1) is 13.8 Å². The fourth-order valence-corrected chi connectivity index (χ4v) is 4.31. The van der Waals surface area contributed by atoms with E-state index in [0.717, 1.165) is 16.7 Å². The first-order valence-electron chi connectivity index (χ1n) is 10.3. The van der Waals surface area contributed by atoms with Crippen LogP contribution in [0.1, 0.15) is 28.3 Å². The van der Waals surface area contributed by atoms with Crippen molar-refractivity contribution in [1.82, 2.24) is 0 Å². The molecule has 0 saturated carbocycles. The summed E-state index contributed by atoms with van der Waals surface area (Å²) in [5, 5.41) is 11.2. The summed E-state index contributed by atoms with van der Waals surface area (Å²) in [6.07, 6.45) is 0. The minimum absolute atomic E-state index is 0.0417. The Morgan fingerprint density at radius 1 is 0.938 bits per heavy atom. The number of hydrogen-bond acceptors (Lipinski definition) is 5. The summed E-state index contributed by atoms with van der Waals surface area (Å²) < 4.78 is 10.7. The molecule has 6 nitrogen and oxygen atoms in total. The number of fused-ring (bicyclic) bond motifs is 1. The molecule has 2 aliphatic heterocycles. The Hall–Kier alpha value is -4.06. The van der Waals surface area contributed by atoms with Crippen molar-refractivity contribution in [2.24, 2.45) is 0 Å². The first kappa shape index (κ1) is 19.9. The zero-order chi connectivity index (χ0) is 22.4. The number of nitrogens with zero attached hydrogens (tertiary/aromatic N) is 1. The van der Waals surface area contributed by atoms with E-state index < -0.39 is 17.7 Å². The van der Waals surface area contributed by atoms with Gasteiger partial charge in [-0.15, -0.1) is 0 Å². The number of rotatable bonds is 3. The lowest BCUT2D eigenvalue weighted by molar-refractivity contribution is -0.132. The Labute approximate surface area is 185 Å². The number of ketones is 1. The number of amides is 1. The lowest BCUT2D eigenvalue weighted by atomic mass is 9.94. The molecule has 3 aromatic rings. The van der Waals surface area contributed by atoms with E-state index >= 15 is 0 Å². The van der Waals surface area contributed by atoms with Crippen LogP contribution < -0.4 is 14.4 Å². The molecule has 5 rings (SSSR count). The van der Waals surface area contributed by atoms with Gasteiger partial charge in [-0.25, -0.2) is 0 Å². The van der Waals surface area contributed by atoms with Gasteiger partial charge in [0.2, 0.25) is 6.79 Å². The second-order valence-electron chi connectivity index (χ2n) is 7.94. The summed E-state index contributed by atoms with van der Waals surface area (Å²) in [5.74, 6) is -0.601. The highest BCUT2D eigenvalue weighted by molar-refractivity contribution is 6.51. The maximum absolute atomic E-state index is 13.2. The van der Waals surface area contributed by atoms with Gasteiger partial charge in [-0.1, -0.05) is 48.0 Å². The molecule has 0 bridgehead atoms. The number of aryl methyl sites for hydroxylation is 2. The van der Waals surface area contributed by atoms with Crippen molar-refractivity contribution < 1.29 is 24.2 Å². The van der Waals surface area contributed by atoms with Gasteiger partial charge in [0.25, 0.3) is 11.7 Å². The normalized spacial score (nSPS) is 18.9. The molecular formula is C26H21NO5. The zero-order valence-electron chi connectivity index (χ0n) is 17.7. The molecule has 1 N–H and O–H groups in total. The second kappa shape index (κ2) is 7.57. The number of hydrogen-bond donors (Lipinski definition) is 1. The highest BCUT2D eigenvalue weighted by Crippen LogP contribution is 2.44. The van der Waals surface area contributed by atoms with Gasteiger partial charge in [0, 0.05) is 11.3 Å². The fraction of sp³-hybridized carbons (Fsp3) is 0.154. The number of benzene rings is 3. The number of anilines is 1. The quantitative estimate of drug-likeness (QED) is 0.374. The Balaban J connectivity index is 1.71. The van der Waals surface area contributed by atoms with Gasteiger partial charge in [-0.05, 0) is 49.2 Å². The third kappa shape index (κ3) is 3.12. The van der Waals surface area contributed by atoms with Crippen molar-refractivity contribution in [2.45, 2.75) is 19.9 Å². The monoisotopic (exact) mass is 427 g/mol. The first-order valence-corrected chi connectivity index (χ1v) is 10.3. The third-order valence-electron chi connectivity index (χ3n) is 5.82. The standard InChI is InChI=1S/C26H21NO5/c1-15-8-10-19(16(2)12-15)27-23(17-6-4-3-5-7-17)22(25(29)26(27)30)24(28)18-9-11-20-21(13-18)32-14-31-20/h3-13,23,28H,14H2,1-2H3/b24-22-. The van der Waals surface area contributed by atoms with E-state index in [1.807, 2.05) is 62.4 Å². The highest BCUT2D eigenvalue weighted by Gasteiger charge is 2.47. The minimum Gasteiger partial charge on any atom is -0.507 e. The summed E-state index contributed by atoms with van der Waals surface area (Å²) in [6.45, 7) is 3.97. The Morgan fingerprint density at radius 2 is 1.69 bits per heavy atom. The molecule has 0 spiro atoms. The molecule has 2 heterocycles. The molecule has 1 atom stereocenters. The van der Waals surface area contributed by atoms with Gasteiger partial charge >= 0.3 is 0 Å². The second-order valence-corrected chi connectivity index (χ2v) is 7.94. The highest BCUT2D eigenvalue weighted by atomic mass is 16.7. The van der Waals surface area contributed by atoms with Crippen molar-refractivity contribution in [3.05, 3.63) is 94.6 Å². The smallest absolute Gasteiger partial charge is 0.300 e. The van der Waals surface area contributed by atoms with Gasteiger partial charge in [0.1, 0.15) is 5.76 Å². The average molecular weight is 427 g/mol. The van der Waals surface area contributed by atoms with E-state index in [1.165, 1.54) is 4.90 Å². The molecule has 1 amide bonds. The van der Waals surface area contributed by atoms with Crippen LogP contribution in [0.2, 0.25) is 0 Å². The summed E-state index contributed by atoms with van der Waals surface area (Å²) >= 11 is 0. The Morgan fingerprint density at radius 3 is 2.44 bits per heavy atom. The number of carbonyl (C=O) groups is 2. The molecule has 2 aliphatic rings. The predicted octanol–water partition coefficient (Wildman–Crippen LogP) is 4.66. The van der Waals surface area contributed by atoms with Crippen LogP contribution in [0.3, 0.4) is 0 Å². The summed E-state index contributed by atoms with van der Waals surface area (Å²) in [6, 6.07) is 19.1. The van der Waals surface area contributed by atoms with E-state index in [2.05, 4.69) is 0 Å². The van der Waals surface area contributed by atoms with Crippen LogP contribution >= 0.6 is 0 Å². The zero-order valence-corrected chi connectivity index (χ0v) is 17.7. The summed E-state index contributed by atoms with van der Waals surface area (Å²) in [4.78, 5) is 28.0. The number of carbonyl (C=O) groups excluding carboxylic acids is 2. The Kier molecular flexibility index (Phi) is 4.70. The minimum atomic E-state index is -0.761. The van der Waals surface area contributed by atoms with E-state index in [0.29, 0.717) is 22.7 Å². The van der Waals surface area contributed by atoms with Crippen LogP contribution in [-0.4, -0.2) is 23.6 Å². The van der Waals surface area contributed by atoms with Crippen molar-refractivity contribution in [1.29, 1.82) is 0 Å². The van der Waals surface area contributed by atoms with Gasteiger partial charge in [-0.3, -0.25) is 14.5 Å². The summed E-state index contributed by atoms with van der Waals surface area (Å²) in [7, 11) is 0. The van der Waals surface area contributed by atoms with Gasteiger partial charge in [0.15, 0.2) is 11.5 Å². The van der Waals surface area contributed by atoms with Crippen molar-refractivity contribution in [2.75, 3.05) is 11.7 Å². The number of ether oxygens (including phenoxy) is 2. The van der Waals surface area contributed by atoms with Crippen LogP contribution in [0.5, 0.6) is 11.5 Å². The number of aliphatic hydroxyl groups excluding tert-OH is 1. The predicted molar refractivity (Wildman–Crippen MR) is 120 cm³/mol. The van der Waals surface area contributed by atoms with Crippen LogP contribution in [0.4, 0.5) is 5.69 Å². The molecule has 1 unspecified atom stereocenters. The van der Waals surface area contributed by atoms with E-state index in [9.17, 15) is 14.7 Å². The van der Waals surface area contributed by atoms with Crippen LogP contribution in [0.15, 0.2) is 72.3 Å². The van der Waals surface area contributed by atoms with Gasteiger partial charge in [0.05, 0.1) is 11.6 Å². The molecule has 0 aromatic heterocycles. The average Bonchev–Trinajstić information content (AvgIpc) is 3.36. The lowest BCUT2D eigenvalue weighted by Crippen LogP contribution is -2.30. The van der Waals surface area contributed by atoms with E-state index in [-0.39, 0.29) is 18.1 Å². The van der Waals surface area contributed by atoms with Crippen LogP contribution in [-0.2, 0) is 9.59 Å². The third-order valence-corrected chi connectivity index (χ3v) is 5.82. The lowest BCUT2D eigenvalue weighted by Gasteiger charge is -2.27. The number of Topliss-reactive ketones (excluding diaryl/α,β-unsaturated/α-hetero) is 1. The van der Waals surface area contributed by atoms with E-state index in [1.54, 1.807) is 18.2 Å². The molecule has 3 aromatic carbocycles. The van der Waals surface area contributed by atoms with E-state index in [4.69, 9.17) is 9.47 Å². The SMILES string of the molecule is Cc1ccc(N2C(=O)C(=O)/C(=C(\O)c3ccc4c(c3)OCO4)C2c2ccccc2)c(C)c1. The molecular weight excluding hydrogens is 406 g/mol. The van der Waals surface area contributed by atoms with Crippen molar-refractivity contribution in [3.8, 4) is 11.5 Å². The molecule has 0 aliphatic carbocycles. The van der Waals surface area contributed by atoms with Gasteiger partial charge < -0.3 is 14.6 Å². The number of aliphatic hydroxyl groups is 1. The molecule has 160 valence electrons. The molecule has 32 heavy (non-hydrogen) atoms. The van der Waals surface area contributed by atoms with Crippen LogP contribution in [0.25, 0.3) is 5.76 Å². The molecule has 1 saturated heterocycles. The molecule has 0 radical (unpaired) electrons. The summed E-state index contributed by atoms with van der Waals surface area (Å²) in [5.41, 5.74) is 3.72. The van der Waals surface area contributed by atoms with Gasteiger partial charge in [-0.2, -0.15) is 0 Å². The largest absolute Gasteiger partial charge is 0.507 e. The first-order chi connectivity index (χ1) is 15.5. The maximum Gasteiger partial charge on any atom is 0.300 e. The van der Waals surface area contributed by atoms with Crippen molar-refractivity contribution >= 4 is 23.1 Å². The van der Waals surface area contributed by atoms with Crippen molar-refractivity contribution in [3.63, 3.8) is 0 Å².